The number of anilines is 1. The molecule has 9 heteroatoms. The van der Waals surface area contributed by atoms with E-state index >= 15 is 0 Å². The quantitative estimate of drug-likeness (QED) is 0.233. The van der Waals surface area contributed by atoms with Crippen LogP contribution in [0, 0.1) is 12.7 Å². The molecule has 0 fully saturated rings. The molecule has 43 heavy (non-hydrogen) atoms. The molecule has 0 heterocycles. The minimum Gasteiger partial charge on any atom is -0.352 e. The lowest BCUT2D eigenvalue weighted by molar-refractivity contribution is -0.140. The zero-order valence-electron chi connectivity index (χ0n) is 24.5. The van der Waals surface area contributed by atoms with Crippen LogP contribution in [0.5, 0.6) is 0 Å². The lowest BCUT2D eigenvalue weighted by Crippen LogP contribution is -2.54. The number of para-hydroxylation sites is 1. The van der Waals surface area contributed by atoms with E-state index in [-0.39, 0.29) is 35.2 Å². The van der Waals surface area contributed by atoms with Crippen LogP contribution in [0.2, 0.25) is 0 Å². The van der Waals surface area contributed by atoms with E-state index in [4.69, 9.17) is 0 Å². The number of rotatable bonds is 12. The standard InChI is InChI=1S/C34H36FN3O4S/c1-25(2)36-34(40)32(22-27-12-6-4-7-13-27)37(23-28-14-10-11-17-31(28)35)33(39)24-38(29-15-8-5-9-16-29)43(41,42)30-20-18-26(3)19-21-30/h4-21,25,32H,22-24H2,1-3H3,(H,36,40). The summed E-state index contributed by atoms with van der Waals surface area (Å²) in [5.41, 5.74) is 2.18. The first-order valence-corrected chi connectivity index (χ1v) is 15.5. The summed E-state index contributed by atoms with van der Waals surface area (Å²) in [7, 11) is -4.19. The third-order valence-corrected chi connectivity index (χ3v) is 8.72. The summed E-state index contributed by atoms with van der Waals surface area (Å²) < 4.78 is 43.9. The van der Waals surface area contributed by atoms with Crippen LogP contribution in [0.1, 0.15) is 30.5 Å². The highest BCUT2D eigenvalue weighted by Crippen LogP contribution is 2.25. The van der Waals surface area contributed by atoms with Crippen molar-refractivity contribution in [3.8, 4) is 0 Å². The molecule has 4 aromatic rings. The Morgan fingerprint density at radius 1 is 0.814 bits per heavy atom. The van der Waals surface area contributed by atoms with E-state index in [2.05, 4.69) is 5.32 Å². The van der Waals surface area contributed by atoms with Gasteiger partial charge in [0.15, 0.2) is 0 Å². The molecule has 7 nitrogen and oxygen atoms in total. The third kappa shape index (κ3) is 8.08. The average Bonchev–Trinajstić information content (AvgIpc) is 2.99. The first kappa shape index (κ1) is 31.4. The largest absolute Gasteiger partial charge is 0.352 e. The Morgan fingerprint density at radius 2 is 1.40 bits per heavy atom. The van der Waals surface area contributed by atoms with Crippen molar-refractivity contribution < 1.29 is 22.4 Å². The smallest absolute Gasteiger partial charge is 0.264 e. The van der Waals surface area contributed by atoms with Gasteiger partial charge in [-0.05, 0) is 56.7 Å². The fourth-order valence-electron chi connectivity index (χ4n) is 4.71. The summed E-state index contributed by atoms with van der Waals surface area (Å²) in [6.45, 7) is 4.64. The van der Waals surface area contributed by atoms with Crippen molar-refractivity contribution in [3.63, 3.8) is 0 Å². The van der Waals surface area contributed by atoms with Crippen LogP contribution in [0.15, 0.2) is 114 Å². The number of hydrogen-bond acceptors (Lipinski definition) is 4. The van der Waals surface area contributed by atoms with Gasteiger partial charge in [0.05, 0.1) is 10.6 Å². The van der Waals surface area contributed by atoms with Crippen molar-refractivity contribution in [2.75, 3.05) is 10.8 Å². The number of carbonyl (C=O) groups is 2. The number of carbonyl (C=O) groups excluding carboxylic acids is 2. The molecular formula is C34H36FN3O4S. The van der Waals surface area contributed by atoms with E-state index in [0.717, 1.165) is 15.4 Å². The van der Waals surface area contributed by atoms with Gasteiger partial charge in [-0.3, -0.25) is 13.9 Å². The van der Waals surface area contributed by atoms with Crippen molar-refractivity contribution in [2.45, 2.75) is 50.7 Å². The predicted octanol–water partition coefficient (Wildman–Crippen LogP) is 5.49. The van der Waals surface area contributed by atoms with Crippen molar-refractivity contribution in [1.82, 2.24) is 10.2 Å². The Morgan fingerprint density at radius 3 is 2.00 bits per heavy atom. The molecule has 0 radical (unpaired) electrons. The van der Waals surface area contributed by atoms with Crippen LogP contribution in [-0.4, -0.2) is 43.8 Å². The third-order valence-electron chi connectivity index (χ3n) is 6.93. The fourth-order valence-corrected chi connectivity index (χ4v) is 6.12. The second kappa shape index (κ2) is 14.1. The highest BCUT2D eigenvalue weighted by molar-refractivity contribution is 7.92. The van der Waals surface area contributed by atoms with Crippen LogP contribution in [-0.2, 0) is 32.6 Å². The zero-order chi connectivity index (χ0) is 31.0. The Hall–Kier alpha value is -4.50. The first-order chi connectivity index (χ1) is 20.6. The van der Waals surface area contributed by atoms with E-state index in [1.165, 1.54) is 23.1 Å². The van der Waals surface area contributed by atoms with E-state index < -0.39 is 40.2 Å². The number of halogens is 1. The van der Waals surface area contributed by atoms with Crippen molar-refractivity contribution >= 4 is 27.5 Å². The number of nitrogens with one attached hydrogen (secondary N) is 1. The first-order valence-electron chi connectivity index (χ1n) is 14.1. The number of sulfonamides is 1. The van der Waals surface area contributed by atoms with E-state index in [0.29, 0.717) is 0 Å². The van der Waals surface area contributed by atoms with Crippen LogP contribution < -0.4 is 9.62 Å². The molecule has 0 spiro atoms. The van der Waals surface area contributed by atoms with Gasteiger partial charge in [-0.2, -0.15) is 0 Å². The number of nitrogens with zero attached hydrogens (tertiary/aromatic N) is 2. The SMILES string of the molecule is Cc1ccc(S(=O)(=O)N(CC(=O)N(Cc2ccccc2F)C(Cc2ccccc2)C(=O)NC(C)C)c2ccccc2)cc1. The van der Waals surface area contributed by atoms with Gasteiger partial charge in [0.25, 0.3) is 10.0 Å². The second-order valence-electron chi connectivity index (χ2n) is 10.6. The molecule has 0 saturated carbocycles. The lowest BCUT2D eigenvalue weighted by Gasteiger charge is -2.34. The van der Waals surface area contributed by atoms with Crippen molar-refractivity contribution in [1.29, 1.82) is 0 Å². The van der Waals surface area contributed by atoms with Crippen molar-refractivity contribution in [2.24, 2.45) is 0 Å². The Kier molecular flexibility index (Phi) is 10.3. The summed E-state index contributed by atoms with van der Waals surface area (Å²) in [6.07, 6.45) is 0.148. The fraction of sp³-hybridized carbons (Fsp3) is 0.235. The molecule has 0 saturated heterocycles. The molecule has 1 unspecified atom stereocenters. The molecule has 1 atom stereocenters. The maximum atomic E-state index is 14.9. The van der Waals surface area contributed by atoms with E-state index in [1.54, 1.807) is 60.7 Å². The van der Waals surface area contributed by atoms with Crippen LogP contribution in [0.25, 0.3) is 0 Å². The predicted molar refractivity (Wildman–Crippen MR) is 166 cm³/mol. The number of hydrogen-bond donors (Lipinski definition) is 1. The average molecular weight is 602 g/mol. The van der Waals surface area contributed by atoms with Gasteiger partial charge in [0.2, 0.25) is 11.8 Å². The maximum Gasteiger partial charge on any atom is 0.264 e. The van der Waals surface area contributed by atoms with Gasteiger partial charge in [-0.1, -0.05) is 84.4 Å². The monoisotopic (exact) mass is 601 g/mol. The molecule has 0 aliphatic heterocycles. The Bertz CT molecular complexity index is 1630. The highest BCUT2D eigenvalue weighted by atomic mass is 32.2. The molecule has 2 amide bonds. The van der Waals surface area contributed by atoms with E-state index in [1.807, 2.05) is 51.1 Å². The van der Waals surface area contributed by atoms with Gasteiger partial charge in [-0.15, -0.1) is 0 Å². The van der Waals surface area contributed by atoms with Gasteiger partial charge < -0.3 is 10.2 Å². The summed E-state index contributed by atoms with van der Waals surface area (Å²) in [4.78, 5) is 29.3. The summed E-state index contributed by atoms with van der Waals surface area (Å²) in [5, 5.41) is 2.89. The molecular weight excluding hydrogens is 565 g/mol. The topological polar surface area (TPSA) is 86.8 Å². The summed E-state index contributed by atoms with van der Waals surface area (Å²) in [6, 6.07) is 28.7. The molecule has 0 aromatic heterocycles. The minimum atomic E-state index is -4.19. The molecule has 4 rings (SSSR count). The molecule has 4 aromatic carbocycles. The summed E-state index contributed by atoms with van der Waals surface area (Å²) >= 11 is 0. The Balaban J connectivity index is 1.79. The molecule has 1 N–H and O–H groups in total. The van der Waals surface area contributed by atoms with Crippen LogP contribution in [0.4, 0.5) is 10.1 Å². The molecule has 224 valence electrons. The van der Waals surface area contributed by atoms with Gasteiger partial charge >= 0.3 is 0 Å². The minimum absolute atomic E-state index is 0.0220. The second-order valence-corrected chi connectivity index (χ2v) is 12.5. The number of amides is 2. The maximum absolute atomic E-state index is 14.9. The van der Waals surface area contributed by atoms with Gasteiger partial charge in [0.1, 0.15) is 18.4 Å². The molecule has 0 aliphatic rings. The van der Waals surface area contributed by atoms with Gasteiger partial charge in [-0.25, -0.2) is 12.8 Å². The van der Waals surface area contributed by atoms with Gasteiger partial charge in [0, 0.05) is 24.6 Å². The number of benzene rings is 4. The van der Waals surface area contributed by atoms with Crippen LogP contribution >= 0.6 is 0 Å². The summed E-state index contributed by atoms with van der Waals surface area (Å²) in [5.74, 6) is -1.60. The Labute approximate surface area is 253 Å². The molecule has 0 bridgehead atoms. The van der Waals surface area contributed by atoms with Crippen LogP contribution in [0.3, 0.4) is 0 Å². The normalized spacial score (nSPS) is 12.0. The highest BCUT2D eigenvalue weighted by Gasteiger charge is 2.35. The molecule has 0 aliphatic carbocycles. The number of aryl methyl sites for hydroxylation is 1. The zero-order valence-corrected chi connectivity index (χ0v) is 25.3. The van der Waals surface area contributed by atoms with Crippen molar-refractivity contribution in [3.05, 3.63) is 132 Å². The van der Waals surface area contributed by atoms with E-state index in [9.17, 15) is 22.4 Å². The lowest BCUT2D eigenvalue weighted by atomic mass is 10.0.